The Balaban J connectivity index is 1.82. The van der Waals surface area contributed by atoms with E-state index in [1.165, 1.54) is 51.7 Å². The van der Waals surface area contributed by atoms with Gasteiger partial charge in [-0.15, -0.1) is 0 Å². The van der Waals surface area contributed by atoms with Crippen LogP contribution < -0.4 is 14.2 Å². The smallest absolute Gasteiger partial charge is 0.293 e. The number of nitro benzene ring substituents is 1. The molecule has 0 spiro atoms. The Kier molecular flexibility index (Phi) is 6.79. The summed E-state index contributed by atoms with van der Waals surface area (Å²) in [6.45, 7) is -0.477. The summed E-state index contributed by atoms with van der Waals surface area (Å²) >= 11 is 0.701. The third kappa shape index (κ3) is 4.57. The number of hydrogen-bond donors (Lipinski definition) is 0. The Labute approximate surface area is 186 Å². The Morgan fingerprint density at radius 3 is 2.16 bits per heavy atom. The second-order valence-corrected chi connectivity index (χ2v) is 7.45. The predicted molar refractivity (Wildman–Crippen MR) is 116 cm³/mol. The van der Waals surface area contributed by atoms with E-state index in [1.807, 2.05) is 0 Å². The van der Waals surface area contributed by atoms with Crippen molar-refractivity contribution in [1.29, 1.82) is 0 Å². The molecule has 11 heteroatoms. The lowest BCUT2D eigenvalue weighted by atomic mass is 10.1. The summed E-state index contributed by atoms with van der Waals surface area (Å²) in [5.74, 6) is 0.00514. The summed E-state index contributed by atoms with van der Waals surface area (Å²) in [4.78, 5) is 48.7. The molecule has 0 bridgehead atoms. The highest BCUT2D eigenvalue weighted by Gasteiger charge is 2.36. The van der Waals surface area contributed by atoms with E-state index in [4.69, 9.17) is 14.2 Å². The first-order chi connectivity index (χ1) is 15.3. The van der Waals surface area contributed by atoms with Gasteiger partial charge in [0.05, 0.1) is 37.7 Å². The van der Waals surface area contributed by atoms with Crippen LogP contribution in [0.25, 0.3) is 6.08 Å². The zero-order chi connectivity index (χ0) is 23.4. The van der Waals surface area contributed by atoms with E-state index in [2.05, 4.69) is 0 Å². The summed E-state index contributed by atoms with van der Waals surface area (Å²) in [5.41, 5.74) is 0.524. The number of carbonyl (C=O) groups excluding carboxylic acids is 3. The molecule has 2 aromatic rings. The quantitative estimate of drug-likeness (QED) is 0.253. The minimum atomic E-state index is -0.621. The predicted octanol–water partition coefficient (Wildman–Crippen LogP) is 3.54. The van der Waals surface area contributed by atoms with Crippen LogP contribution in [-0.2, 0) is 4.79 Å². The number of Topliss-reactive ketones (excluding diaryl/α,β-unsaturated/α-hetero) is 1. The number of amides is 2. The van der Waals surface area contributed by atoms with Gasteiger partial charge in [0.1, 0.15) is 0 Å². The van der Waals surface area contributed by atoms with Crippen molar-refractivity contribution in [2.24, 2.45) is 0 Å². The molecular weight excluding hydrogens is 440 g/mol. The van der Waals surface area contributed by atoms with Crippen LogP contribution in [0.3, 0.4) is 0 Å². The van der Waals surface area contributed by atoms with E-state index in [0.717, 1.165) is 4.90 Å². The van der Waals surface area contributed by atoms with E-state index < -0.39 is 28.4 Å². The number of methoxy groups -OCH3 is 3. The molecule has 1 aliphatic rings. The molecule has 1 fully saturated rings. The van der Waals surface area contributed by atoms with Crippen molar-refractivity contribution in [3.63, 3.8) is 0 Å². The maximum absolute atomic E-state index is 12.7. The molecule has 1 saturated heterocycles. The molecular formula is C21H18N2O8S. The first-order valence-corrected chi connectivity index (χ1v) is 9.93. The number of imide groups is 1. The average Bonchev–Trinajstić information content (AvgIpc) is 3.05. The minimum Gasteiger partial charge on any atom is -0.493 e. The van der Waals surface area contributed by atoms with Crippen LogP contribution >= 0.6 is 11.8 Å². The minimum absolute atomic E-state index is 0.126. The van der Waals surface area contributed by atoms with Crippen molar-refractivity contribution in [2.75, 3.05) is 27.9 Å². The lowest BCUT2D eigenvalue weighted by Gasteiger charge is -2.13. The fourth-order valence-corrected chi connectivity index (χ4v) is 3.81. The Hall–Kier alpha value is -3.86. The summed E-state index contributed by atoms with van der Waals surface area (Å²) in [6, 6.07) is 8.18. The number of thioether (sulfide) groups is 1. The topological polar surface area (TPSA) is 125 Å². The molecule has 0 N–H and O–H groups in total. The molecule has 32 heavy (non-hydrogen) atoms. The maximum atomic E-state index is 12.7. The van der Waals surface area contributed by atoms with Gasteiger partial charge >= 0.3 is 0 Å². The van der Waals surface area contributed by atoms with Gasteiger partial charge in [-0.25, -0.2) is 0 Å². The number of carbonyl (C=O) groups is 3. The van der Waals surface area contributed by atoms with Crippen molar-refractivity contribution < 1.29 is 33.5 Å². The molecule has 0 radical (unpaired) electrons. The van der Waals surface area contributed by atoms with E-state index in [-0.39, 0.29) is 16.2 Å². The van der Waals surface area contributed by atoms with Gasteiger partial charge in [-0.1, -0.05) is 0 Å². The average molecular weight is 458 g/mol. The monoisotopic (exact) mass is 458 g/mol. The van der Waals surface area contributed by atoms with Gasteiger partial charge < -0.3 is 14.2 Å². The summed E-state index contributed by atoms with van der Waals surface area (Å²) < 4.78 is 15.8. The van der Waals surface area contributed by atoms with Crippen LogP contribution in [0.5, 0.6) is 17.2 Å². The Morgan fingerprint density at radius 1 is 1.06 bits per heavy atom. The van der Waals surface area contributed by atoms with Gasteiger partial charge in [0.25, 0.3) is 16.8 Å². The van der Waals surface area contributed by atoms with Crippen LogP contribution in [0.2, 0.25) is 0 Å². The van der Waals surface area contributed by atoms with Crippen molar-refractivity contribution >= 4 is 40.5 Å². The Morgan fingerprint density at radius 2 is 1.66 bits per heavy atom. The second kappa shape index (κ2) is 9.52. The zero-order valence-corrected chi connectivity index (χ0v) is 18.1. The summed E-state index contributed by atoms with van der Waals surface area (Å²) in [6.07, 6.45) is 1.49. The fraction of sp³-hybridized carbons (Fsp3) is 0.190. The first kappa shape index (κ1) is 22.8. The number of non-ortho nitro benzene ring substituents is 1. The standard InChI is InChI=1S/C21H18N2O8S/c1-29-16-8-12(9-17(30-2)19(16)31-3)10-18-20(25)22(21(26)32-18)11-15(24)13-4-6-14(7-5-13)23(27)28/h4-10H,11H2,1-3H3/b18-10+. The van der Waals surface area contributed by atoms with E-state index in [9.17, 15) is 24.5 Å². The van der Waals surface area contributed by atoms with Gasteiger partial charge in [-0.3, -0.25) is 29.4 Å². The zero-order valence-electron chi connectivity index (χ0n) is 17.3. The van der Waals surface area contributed by atoms with Crippen LogP contribution in [0, 0.1) is 10.1 Å². The van der Waals surface area contributed by atoms with E-state index in [0.29, 0.717) is 34.6 Å². The van der Waals surface area contributed by atoms with Crippen molar-refractivity contribution in [1.82, 2.24) is 4.90 Å². The van der Waals surface area contributed by atoms with E-state index in [1.54, 1.807) is 12.1 Å². The molecule has 2 aromatic carbocycles. The summed E-state index contributed by atoms with van der Waals surface area (Å²) in [7, 11) is 4.38. The molecule has 3 rings (SSSR count). The number of nitro groups is 1. The van der Waals surface area contributed by atoms with Gasteiger partial charge in [-0.05, 0) is 47.7 Å². The molecule has 1 aliphatic heterocycles. The molecule has 0 atom stereocenters. The first-order valence-electron chi connectivity index (χ1n) is 9.12. The van der Waals surface area contributed by atoms with Gasteiger partial charge in [0.15, 0.2) is 17.3 Å². The second-order valence-electron chi connectivity index (χ2n) is 6.45. The van der Waals surface area contributed by atoms with Crippen molar-refractivity contribution in [3.05, 3.63) is 62.5 Å². The lowest BCUT2D eigenvalue weighted by Crippen LogP contribution is -2.33. The highest BCUT2D eigenvalue weighted by atomic mass is 32.2. The number of rotatable bonds is 8. The molecule has 0 aliphatic carbocycles. The number of nitrogens with zero attached hydrogens (tertiary/aromatic N) is 2. The third-order valence-corrected chi connectivity index (χ3v) is 5.47. The van der Waals surface area contributed by atoms with Gasteiger partial charge in [0.2, 0.25) is 5.75 Å². The molecule has 1 heterocycles. The fourth-order valence-electron chi connectivity index (χ4n) is 2.98. The lowest BCUT2D eigenvalue weighted by molar-refractivity contribution is -0.384. The van der Waals surface area contributed by atoms with Crippen molar-refractivity contribution in [2.45, 2.75) is 0 Å². The van der Waals surface area contributed by atoms with Crippen LogP contribution in [0.15, 0.2) is 41.3 Å². The van der Waals surface area contributed by atoms with Crippen LogP contribution in [-0.4, -0.2) is 54.6 Å². The van der Waals surface area contributed by atoms with E-state index >= 15 is 0 Å². The largest absolute Gasteiger partial charge is 0.493 e. The molecule has 166 valence electrons. The molecule has 10 nitrogen and oxygen atoms in total. The highest BCUT2D eigenvalue weighted by Crippen LogP contribution is 2.40. The number of ether oxygens (including phenoxy) is 3. The number of benzene rings is 2. The van der Waals surface area contributed by atoms with Crippen molar-refractivity contribution in [3.8, 4) is 17.2 Å². The van der Waals surface area contributed by atoms with Gasteiger partial charge in [0, 0.05) is 17.7 Å². The normalized spacial score (nSPS) is 14.6. The number of hydrogen-bond acceptors (Lipinski definition) is 9. The summed E-state index contributed by atoms with van der Waals surface area (Å²) in [5, 5.41) is 10.1. The van der Waals surface area contributed by atoms with Crippen LogP contribution in [0.1, 0.15) is 15.9 Å². The van der Waals surface area contributed by atoms with Crippen LogP contribution in [0.4, 0.5) is 10.5 Å². The number of ketones is 1. The molecule has 0 unspecified atom stereocenters. The molecule has 0 aromatic heterocycles. The Bertz CT molecular complexity index is 1100. The highest BCUT2D eigenvalue weighted by molar-refractivity contribution is 8.18. The third-order valence-electron chi connectivity index (χ3n) is 4.56. The SMILES string of the molecule is COc1cc(/C=C2/SC(=O)N(CC(=O)c3ccc([N+](=O)[O-])cc3)C2=O)cc(OC)c1OC. The van der Waals surface area contributed by atoms with Gasteiger partial charge in [-0.2, -0.15) is 0 Å². The molecule has 2 amide bonds. The maximum Gasteiger partial charge on any atom is 0.293 e. The molecule has 0 saturated carbocycles.